The Morgan fingerprint density at radius 1 is 0.781 bits per heavy atom. The van der Waals surface area contributed by atoms with Gasteiger partial charge in [-0.1, -0.05) is 13.8 Å². The summed E-state index contributed by atoms with van der Waals surface area (Å²) in [5.74, 6) is -5.37. The molecule has 17 heteroatoms. The molecule has 0 spiro atoms. The van der Waals surface area contributed by atoms with Gasteiger partial charge in [0.1, 0.15) is 24.7 Å². The van der Waals surface area contributed by atoms with Gasteiger partial charge in [0.05, 0.1) is 0 Å². The van der Waals surface area contributed by atoms with Crippen molar-refractivity contribution in [2.45, 2.75) is 44.9 Å². The molecule has 3 atom stereocenters. The fourth-order valence-electron chi connectivity index (χ4n) is 2.97. The van der Waals surface area contributed by atoms with Crippen LogP contribution in [0.5, 0.6) is 0 Å². The standard InChI is InChI=1S/C15H30N2O13P2/c1-9(2)3-4-10(13(19)20)17(11(14(21)22)12(18)15(23)24)6-5-16(7-31(25,26)27)8-32(28,29)30/h9-12,18H,3-8H2,1-2H3,(H,19,20)(H,21,22)(H,23,24)(H2,25,26,27)(H2,28,29,30). The van der Waals surface area contributed by atoms with Crippen molar-refractivity contribution in [3.8, 4) is 0 Å². The second kappa shape index (κ2) is 12.7. The van der Waals surface area contributed by atoms with E-state index in [4.69, 9.17) is 24.7 Å². The highest BCUT2D eigenvalue weighted by Gasteiger charge is 2.42. The predicted octanol–water partition coefficient (Wildman–Crippen LogP) is -1.35. The maximum atomic E-state index is 11.8. The fourth-order valence-corrected chi connectivity index (χ4v) is 4.65. The molecule has 15 nitrogen and oxygen atoms in total. The number of aliphatic hydroxyl groups is 1. The zero-order valence-corrected chi connectivity index (χ0v) is 19.2. The summed E-state index contributed by atoms with van der Waals surface area (Å²) in [4.78, 5) is 72.6. The summed E-state index contributed by atoms with van der Waals surface area (Å²) in [6.07, 6.45) is -4.69. The summed E-state index contributed by atoms with van der Waals surface area (Å²) < 4.78 is 22.6. The number of hydrogen-bond donors (Lipinski definition) is 8. The Hall–Kier alpha value is -1.41. The maximum absolute atomic E-state index is 11.8. The van der Waals surface area contributed by atoms with Crippen molar-refractivity contribution >= 4 is 33.1 Å². The molecule has 0 saturated carbocycles. The summed E-state index contributed by atoms with van der Waals surface area (Å²) in [5.41, 5.74) is 0. The number of rotatable bonds is 16. The van der Waals surface area contributed by atoms with E-state index in [0.29, 0.717) is 9.80 Å². The number of aliphatic hydroxyl groups excluding tert-OH is 1. The van der Waals surface area contributed by atoms with Gasteiger partial charge in [0.2, 0.25) is 0 Å². The van der Waals surface area contributed by atoms with Crippen LogP contribution in [0.4, 0.5) is 0 Å². The molecule has 0 fully saturated rings. The number of carbonyl (C=O) groups is 3. The first-order valence-corrected chi connectivity index (χ1v) is 12.9. The average Bonchev–Trinajstić information content (AvgIpc) is 2.55. The molecule has 0 radical (unpaired) electrons. The summed E-state index contributed by atoms with van der Waals surface area (Å²) >= 11 is 0. The highest BCUT2D eigenvalue weighted by atomic mass is 31.2. The SMILES string of the molecule is CC(C)CCC(C(=O)O)N(CCN(CP(=O)(O)O)CP(=O)(O)O)C(C(=O)O)C(O)C(=O)O. The number of carboxylic acid groups (broad SMARTS) is 3. The first-order valence-electron chi connectivity index (χ1n) is 9.29. The number of hydrogen-bond acceptors (Lipinski definition) is 8. The number of carboxylic acids is 3. The van der Waals surface area contributed by atoms with Gasteiger partial charge in [0.15, 0.2) is 6.10 Å². The molecule has 32 heavy (non-hydrogen) atoms. The second-order valence-electron chi connectivity index (χ2n) is 7.64. The Bertz CT molecular complexity index is 726. The van der Waals surface area contributed by atoms with Crippen molar-refractivity contribution in [3.05, 3.63) is 0 Å². The lowest BCUT2D eigenvalue weighted by atomic mass is 9.99. The summed E-state index contributed by atoms with van der Waals surface area (Å²) in [6.45, 7) is 2.19. The molecule has 0 aromatic rings. The highest BCUT2D eigenvalue weighted by Crippen LogP contribution is 2.40. The van der Waals surface area contributed by atoms with Crippen LogP contribution >= 0.6 is 15.2 Å². The van der Waals surface area contributed by atoms with Gasteiger partial charge in [-0.05, 0) is 18.8 Å². The van der Waals surface area contributed by atoms with E-state index in [1.54, 1.807) is 13.8 Å². The predicted molar refractivity (Wildman–Crippen MR) is 108 cm³/mol. The molecule has 0 aliphatic carbocycles. The van der Waals surface area contributed by atoms with E-state index in [2.05, 4.69) is 0 Å². The zero-order chi connectivity index (χ0) is 25.4. The lowest BCUT2D eigenvalue weighted by molar-refractivity contribution is -0.166. The fraction of sp³-hybridized carbons (Fsp3) is 0.800. The third-order valence-electron chi connectivity index (χ3n) is 4.31. The van der Waals surface area contributed by atoms with Gasteiger partial charge >= 0.3 is 33.1 Å². The van der Waals surface area contributed by atoms with Gasteiger partial charge in [-0.3, -0.25) is 28.5 Å². The molecule has 0 aliphatic heterocycles. The van der Waals surface area contributed by atoms with Crippen LogP contribution in [-0.2, 0) is 23.5 Å². The van der Waals surface area contributed by atoms with Crippen LogP contribution in [0.1, 0.15) is 26.7 Å². The van der Waals surface area contributed by atoms with Crippen molar-refractivity contribution < 1.29 is 63.5 Å². The molecular formula is C15H30N2O13P2. The Balaban J connectivity index is 6.13. The van der Waals surface area contributed by atoms with E-state index in [9.17, 15) is 38.8 Å². The van der Waals surface area contributed by atoms with Crippen LogP contribution < -0.4 is 0 Å². The largest absolute Gasteiger partial charge is 0.480 e. The van der Waals surface area contributed by atoms with Crippen LogP contribution in [0.2, 0.25) is 0 Å². The van der Waals surface area contributed by atoms with Gasteiger partial charge in [0.25, 0.3) is 0 Å². The normalized spacial score (nSPS) is 15.7. The van der Waals surface area contributed by atoms with E-state index < -0.39 is 76.9 Å². The average molecular weight is 508 g/mol. The maximum Gasteiger partial charge on any atom is 0.339 e. The first kappa shape index (κ1) is 30.6. The molecule has 0 aromatic heterocycles. The van der Waals surface area contributed by atoms with Crippen molar-refractivity contribution in [3.63, 3.8) is 0 Å². The minimum atomic E-state index is -4.83. The van der Waals surface area contributed by atoms with E-state index in [1.165, 1.54) is 0 Å². The number of aliphatic carboxylic acids is 3. The van der Waals surface area contributed by atoms with Crippen LogP contribution in [-0.4, -0.2) is 112 Å². The Kier molecular flexibility index (Phi) is 12.2. The molecule has 188 valence electrons. The van der Waals surface area contributed by atoms with Crippen molar-refractivity contribution in [1.29, 1.82) is 0 Å². The molecule has 3 unspecified atom stereocenters. The Morgan fingerprint density at radius 2 is 1.25 bits per heavy atom. The zero-order valence-electron chi connectivity index (χ0n) is 17.5. The molecule has 0 aliphatic rings. The van der Waals surface area contributed by atoms with Gasteiger partial charge in [-0.15, -0.1) is 0 Å². The highest BCUT2D eigenvalue weighted by molar-refractivity contribution is 7.52. The Morgan fingerprint density at radius 3 is 1.56 bits per heavy atom. The lowest BCUT2D eigenvalue weighted by Gasteiger charge is -2.36. The molecule has 0 bridgehead atoms. The molecule has 0 heterocycles. The second-order valence-corrected chi connectivity index (χ2v) is 10.9. The molecule has 8 N–H and O–H groups in total. The minimum Gasteiger partial charge on any atom is -0.480 e. The van der Waals surface area contributed by atoms with Gasteiger partial charge in [-0.25, -0.2) is 4.79 Å². The topological polar surface area (TPSA) is 254 Å². The van der Waals surface area contributed by atoms with Crippen molar-refractivity contribution in [2.75, 3.05) is 25.7 Å². The lowest BCUT2D eigenvalue weighted by Crippen LogP contribution is -2.59. The van der Waals surface area contributed by atoms with Crippen LogP contribution in [0.25, 0.3) is 0 Å². The van der Waals surface area contributed by atoms with Crippen molar-refractivity contribution in [2.24, 2.45) is 5.92 Å². The third-order valence-corrected chi connectivity index (χ3v) is 5.85. The number of nitrogens with zero attached hydrogens (tertiary/aromatic N) is 2. The van der Waals surface area contributed by atoms with Crippen LogP contribution in [0, 0.1) is 5.92 Å². The smallest absolute Gasteiger partial charge is 0.339 e. The molecule has 0 rings (SSSR count). The molecule has 0 amide bonds. The van der Waals surface area contributed by atoms with Crippen LogP contribution in [0.3, 0.4) is 0 Å². The summed E-state index contributed by atoms with van der Waals surface area (Å²) in [7, 11) is -9.65. The van der Waals surface area contributed by atoms with E-state index in [1.807, 2.05) is 0 Å². The third kappa shape index (κ3) is 12.0. The quantitative estimate of drug-likeness (QED) is 0.112. The molecule has 0 saturated heterocycles. The van der Waals surface area contributed by atoms with Gasteiger partial charge in [-0.2, -0.15) is 0 Å². The summed E-state index contributed by atoms with van der Waals surface area (Å²) in [6, 6.07) is -3.87. The molecular weight excluding hydrogens is 478 g/mol. The van der Waals surface area contributed by atoms with E-state index in [-0.39, 0.29) is 18.8 Å². The van der Waals surface area contributed by atoms with E-state index >= 15 is 0 Å². The monoisotopic (exact) mass is 508 g/mol. The van der Waals surface area contributed by atoms with E-state index in [0.717, 1.165) is 0 Å². The van der Waals surface area contributed by atoms with Crippen LogP contribution in [0.15, 0.2) is 0 Å². The molecule has 0 aromatic carbocycles. The van der Waals surface area contributed by atoms with Gasteiger partial charge in [0, 0.05) is 13.1 Å². The minimum absolute atomic E-state index is 0.0211. The Labute approximate surface area is 183 Å². The summed E-state index contributed by atoms with van der Waals surface area (Å²) in [5, 5.41) is 38.1. The van der Waals surface area contributed by atoms with Gasteiger partial charge < -0.3 is 40.0 Å². The van der Waals surface area contributed by atoms with Crippen molar-refractivity contribution in [1.82, 2.24) is 9.80 Å². The first-order chi connectivity index (χ1) is 14.4.